The fourth-order valence-corrected chi connectivity index (χ4v) is 1.48. The van der Waals surface area contributed by atoms with Crippen LogP contribution in [-0.2, 0) is 9.47 Å². The molecule has 0 amide bonds. The van der Waals surface area contributed by atoms with Crippen molar-refractivity contribution in [3.8, 4) is 5.75 Å². The first-order chi connectivity index (χ1) is 9.15. The van der Waals surface area contributed by atoms with E-state index in [4.69, 9.17) is 14.2 Å². The van der Waals surface area contributed by atoms with Gasteiger partial charge in [-0.2, -0.15) is 0 Å². The molecule has 0 radical (unpaired) electrons. The first-order valence-corrected chi connectivity index (χ1v) is 6.32. The Morgan fingerprint density at radius 2 is 1.74 bits per heavy atom. The molecule has 19 heavy (non-hydrogen) atoms. The van der Waals surface area contributed by atoms with Crippen LogP contribution in [0.1, 0.15) is 0 Å². The van der Waals surface area contributed by atoms with E-state index in [9.17, 15) is 0 Å². The molecule has 1 N–H and O–H groups in total. The molecule has 0 heterocycles. The Labute approximate surface area is 115 Å². The van der Waals surface area contributed by atoms with Crippen LogP contribution < -0.4 is 10.1 Å². The van der Waals surface area contributed by atoms with Crippen LogP contribution in [0, 0.1) is 0 Å². The average molecular weight is 268 g/mol. The number of ether oxygens (including phenoxy) is 3. The molecule has 0 saturated carbocycles. The number of methoxy groups -OCH3 is 2. The minimum Gasteiger partial charge on any atom is -0.492 e. The zero-order valence-electron chi connectivity index (χ0n) is 12.2. The van der Waals surface area contributed by atoms with Gasteiger partial charge in [-0.25, -0.2) is 0 Å². The third-order valence-electron chi connectivity index (χ3n) is 2.66. The lowest BCUT2D eigenvalue weighted by Gasteiger charge is -2.15. The highest BCUT2D eigenvalue weighted by Gasteiger charge is 2.04. The average Bonchev–Trinajstić information content (AvgIpc) is 2.41. The van der Waals surface area contributed by atoms with E-state index < -0.39 is 0 Å². The molecule has 1 aromatic rings. The Hall–Kier alpha value is -1.30. The van der Waals surface area contributed by atoms with E-state index in [-0.39, 0.29) is 6.29 Å². The molecule has 0 aliphatic carbocycles. The van der Waals surface area contributed by atoms with Gasteiger partial charge in [-0.1, -0.05) is 0 Å². The first-order valence-electron chi connectivity index (χ1n) is 6.32. The Kier molecular flexibility index (Phi) is 7.25. The summed E-state index contributed by atoms with van der Waals surface area (Å²) in [7, 11) is 7.30. The lowest BCUT2D eigenvalue weighted by Crippen LogP contribution is -2.23. The molecule has 1 rings (SSSR count). The normalized spacial score (nSPS) is 11.1. The second-order valence-corrected chi connectivity index (χ2v) is 4.46. The van der Waals surface area contributed by atoms with Crippen molar-refractivity contribution < 1.29 is 14.2 Å². The first kappa shape index (κ1) is 15.8. The fraction of sp³-hybridized carbons (Fsp3) is 0.571. The van der Waals surface area contributed by atoms with Gasteiger partial charge in [-0.3, -0.25) is 0 Å². The molecule has 0 atom stereocenters. The molecule has 0 spiro atoms. The van der Waals surface area contributed by atoms with E-state index >= 15 is 0 Å². The molecule has 0 aromatic heterocycles. The van der Waals surface area contributed by atoms with Crippen molar-refractivity contribution in [1.82, 2.24) is 4.90 Å². The molecular formula is C14H24N2O3. The third-order valence-corrected chi connectivity index (χ3v) is 2.66. The van der Waals surface area contributed by atoms with Crippen molar-refractivity contribution in [1.29, 1.82) is 0 Å². The van der Waals surface area contributed by atoms with Gasteiger partial charge in [0.15, 0.2) is 6.29 Å². The zero-order chi connectivity index (χ0) is 14.1. The van der Waals surface area contributed by atoms with Crippen molar-refractivity contribution in [2.75, 3.05) is 53.3 Å². The predicted molar refractivity (Wildman–Crippen MR) is 76.8 cm³/mol. The Balaban J connectivity index is 2.34. The van der Waals surface area contributed by atoms with Crippen molar-refractivity contribution in [3.63, 3.8) is 0 Å². The lowest BCUT2D eigenvalue weighted by atomic mass is 10.3. The van der Waals surface area contributed by atoms with Crippen molar-refractivity contribution in [3.05, 3.63) is 24.3 Å². The summed E-state index contributed by atoms with van der Waals surface area (Å²) in [5.41, 5.74) is 1.01. The summed E-state index contributed by atoms with van der Waals surface area (Å²) >= 11 is 0. The molecule has 0 saturated heterocycles. The van der Waals surface area contributed by atoms with Crippen LogP contribution in [0.2, 0.25) is 0 Å². The lowest BCUT2D eigenvalue weighted by molar-refractivity contribution is -0.0914. The minimum atomic E-state index is -0.240. The van der Waals surface area contributed by atoms with Crippen LogP contribution in [-0.4, -0.2) is 59.2 Å². The van der Waals surface area contributed by atoms with Crippen LogP contribution in [0.15, 0.2) is 24.3 Å². The molecule has 0 aliphatic rings. The molecule has 5 nitrogen and oxygen atoms in total. The smallest absolute Gasteiger partial charge is 0.173 e. The quantitative estimate of drug-likeness (QED) is 0.690. The number of hydrogen-bond donors (Lipinski definition) is 1. The number of anilines is 1. The van der Waals surface area contributed by atoms with Gasteiger partial charge in [-0.15, -0.1) is 0 Å². The predicted octanol–water partition coefficient (Wildman–Crippen LogP) is 1.66. The van der Waals surface area contributed by atoms with Gasteiger partial charge in [-0.05, 0) is 38.4 Å². The highest BCUT2D eigenvalue weighted by atomic mass is 16.7. The Bertz CT molecular complexity index is 337. The van der Waals surface area contributed by atoms with E-state index in [1.807, 2.05) is 38.4 Å². The monoisotopic (exact) mass is 268 g/mol. The van der Waals surface area contributed by atoms with Gasteiger partial charge >= 0.3 is 0 Å². The zero-order valence-corrected chi connectivity index (χ0v) is 12.2. The van der Waals surface area contributed by atoms with Crippen LogP contribution in [0.3, 0.4) is 0 Å². The van der Waals surface area contributed by atoms with Crippen molar-refractivity contribution in [2.24, 2.45) is 0 Å². The van der Waals surface area contributed by atoms with E-state index in [0.29, 0.717) is 13.2 Å². The second-order valence-electron chi connectivity index (χ2n) is 4.46. The maximum absolute atomic E-state index is 5.62. The van der Waals surface area contributed by atoms with Gasteiger partial charge in [0.1, 0.15) is 12.4 Å². The number of rotatable bonds is 9. The van der Waals surface area contributed by atoms with Gasteiger partial charge < -0.3 is 24.4 Å². The number of likely N-dealkylation sites (N-methyl/N-ethyl adjacent to an activating group) is 1. The van der Waals surface area contributed by atoms with Crippen LogP contribution in [0.4, 0.5) is 5.69 Å². The van der Waals surface area contributed by atoms with Crippen LogP contribution >= 0.6 is 0 Å². The summed E-state index contributed by atoms with van der Waals surface area (Å²) in [6.07, 6.45) is -0.240. The summed E-state index contributed by atoms with van der Waals surface area (Å²) in [5, 5.41) is 3.23. The fourth-order valence-electron chi connectivity index (χ4n) is 1.48. The van der Waals surface area contributed by atoms with E-state index in [2.05, 4.69) is 10.2 Å². The molecular weight excluding hydrogens is 244 g/mol. The number of hydrogen-bond acceptors (Lipinski definition) is 5. The van der Waals surface area contributed by atoms with E-state index in [0.717, 1.165) is 18.0 Å². The molecule has 108 valence electrons. The van der Waals surface area contributed by atoms with Crippen LogP contribution in [0.5, 0.6) is 5.75 Å². The number of nitrogens with zero attached hydrogens (tertiary/aromatic N) is 1. The minimum absolute atomic E-state index is 0.240. The van der Waals surface area contributed by atoms with Crippen molar-refractivity contribution >= 4 is 5.69 Å². The van der Waals surface area contributed by atoms with Crippen LogP contribution in [0.25, 0.3) is 0 Å². The SMILES string of the molecule is COC(CNc1ccc(OCCN(C)C)cc1)OC. The maximum atomic E-state index is 5.62. The standard InChI is InChI=1S/C14H24N2O3/c1-16(2)9-10-19-13-7-5-12(6-8-13)15-11-14(17-3)18-4/h5-8,14-15H,9-11H2,1-4H3. The van der Waals surface area contributed by atoms with Crippen molar-refractivity contribution in [2.45, 2.75) is 6.29 Å². The van der Waals surface area contributed by atoms with E-state index in [1.165, 1.54) is 0 Å². The molecule has 0 bridgehead atoms. The number of benzene rings is 1. The summed E-state index contributed by atoms with van der Waals surface area (Å²) in [5.74, 6) is 0.877. The summed E-state index contributed by atoms with van der Waals surface area (Å²) in [6, 6.07) is 7.86. The molecule has 0 aliphatic heterocycles. The largest absolute Gasteiger partial charge is 0.492 e. The Morgan fingerprint density at radius 3 is 2.26 bits per heavy atom. The van der Waals surface area contributed by atoms with Gasteiger partial charge in [0.05, 0.1) is 6.54 Å². The molecule has 5 heteroatoms. The summed E-state index contributed by atoms with van der Waals surface area (Å²) in [4.78, 5) is 2.09. The molecule has 0 fully saturated rings. The van der Waals surface area contributed by atoms with Gasteiger partial charge in [0, 0.05) is 26.5 Å². The molecule has 0 unspecified atom stereocenters. The highest BCUT2D eigenvalue weighted by molar-refractivity contribution is 5.46. The second kappa shape index (κ2) is 8.74. The summed E-state index contributed by atoms with van der Waals surface area (Å²) in [6.45, 7) is 2.20. The highest BCUT2D eigenvalue weighted by Crippen LogP contribution is 2.15. The van der Waals surface area contributed by atoms with Gasteiger partial charge in [0.25, 0.3) is 0 Å². The van der Waals surface area contributed by atoms with E-state index in [1.54, 1.807) is 14.2 Å². The third kappa shape index (κ3) is 6.42. The maximum Gasteiger partial charge on any atom is 0.173 e. The summed E-state index contributed by atoms with van der Waals surface area (Å²) < 4.78 is 15.8. The topological polar surface area (TPSA) is 43.0 Å². The van der Waals surface area contributed by atoms with Gasteiger partial charge in [0.2, 0.25) is 0 Å². The Morgan fingerprint density at radius 1 is 1.11 bits per heavy atom. The molecule has 1 aromatic carbocycles. The number of nitrogens with one attached hydrogen (secondary N) is 1.